The summed E-state index contributed by atoms with van der Waals surface area (Å²) in [7, 11) is 4.42. The average Bonchev–Trinajstić information content (AvgIpc) is 3.25. The second kappa shape index (κ2) is 8.77. The fourth-order valence-corrected chi connectivity index (χ4v) is 4.16. The zero-order chi connectivity index (χ0) is 19.3. The van der Waals surface area contributed by atoms with Gasteiger partial charge >= 0.3 is 0 Å². The van der Waals surface area contributed by atoms with Crippen LogP contribution in [0.5, 0.6) is 0 Å². The van der Waals surface area contributed by atoms with Crippen LogP contribution < -0.4 is 5.32 Å². The maximum Gasteiger partial charge on any atom is 0.141 e. The Kier molecular flexibility index (Phi) is 5.95. The molecule has 0 aromatic carbocycles. The third-order valence-electron chi connectivity index (χ3n) is 5.22. The fraction of sp³-hybridized carbons (Fsp3) is 0.381. The summed E-state index contributed by atoms with van der Waals surface area (Å²) in [6.45, 7) is 3.30. The first kappa shape index (κ1) is 19.0. The Morgan fingerprint density at radius 3 is 2.71 bits per heavy atom. The van der Waals surface area contributed by atoms with Gasteiger partial charge in [-0.25, -0.2) is 15.0 Å². The van der Waals surface area contributed by atoms with Gasteiger partial charge in [-0.2, -0.15) is 0 Å². The summed E-state index contributed by atoms with van der Waals surface area (Å²) in [5.41, 5.74) is 2.10. The molecule has 0 radical (unpaired) electrons. The van der Waals surface area contributed by atoms with Gasteiger partial charge in [-0.3, -0.25) is 4.90 Å². The lowest BCUT2D eigenvalue weighted by atomic mass is 10.0. The van der Waals surface area contributed by atoms with Gasteiger partial charge in [-0.15, -0.1) is 11.3 Å². The van der Waals surface area contributed by atoms with Gasteiger partial charge in [0.25, 0.3) is 0 Å². The molecule has 0 bridgehead atoms. The lowest BCUT2D eigenvalue weighted by molar-refractivity contribution is 0.139. The second-order valence-corrected chi connectivity index (χ2v) is 8.27. The highest BCUT2D eigenvalue weighted by atomic mass is 32.1. The number of piperidine rings is 1. The van der Waals surface area contributed by atoms with Crippen LogP contribution in [-0.2, 0) is 6.54 Å². The SMILES string of the molecule is CN1CCC(N(C)Cc2ccc(Nc3cccc(-c4nccs4)n3)nc2)CC1. The Balaban J connectivity index is 1.36. The number of rotatable bonds is 6. The van der Waals surface area contributed by atoms with E-state index >= 15 is 0 Å². The molecule has 1 saturated heterocycles. The van der Waals surface area contributed by atoms with Crippen LogP contribution in [0.1, 0.15) is 18.4 Å². The first-order valence-corrected chi connectivity index (χ1v) is 10.5. The van der Waals surface area contributed by atoms with Crippen LogP contribution in [0, 0.1) is 0 Å². The van der Waals surface area contributed by atoms with Crippen molar-refractivity contribution in [3.05, 3.63) is 53.7 Å². The molecule has 3 aromatic heterocycles. The molecule has 1 fully saturated rings. The zero-order valence-electron chi connectivity index (χ0n) is 16.4. The minimum Gasteiger partial charge on any atom is -0.325 e. The summed E-state index contributed by atoms with van der Waals surface area (Å²) >= 11 is 1.59. The molecule has 0 amide bonds. The van der Waals surface area contributed by atoms with Crippen LogP contribution in [0.25, 0.3) is 10.7 Å². The number of aromatic nitrogens is 3. The molecule has 6 nitrogen and oxygen atoms in total. The highest BCUT2D eigenvalue weighted by Gasteiger charge is 2.20. The Morgan fingerprint density at radius 2 is 2.00 bits per heavy atom. The normalized spacial score (nSPS) is 15.8. The van der Waals surface area contributed by atoms with Gasteiger partial charge in [0, 0.05) is 30.4 Å². The van der Waals surface area contributed by atoms with E-state index in [-0.39, 0.29) is 0 Å². The molecule has 0 unspecified atom stereocenters. The van der Waals surface area contributed by atoms with Crippen molar-refractivity contribution >= 4 is 23.0 Å². The van der Waals surface area contributed by atoms with Crippen LogP contribution in [0.4, 0.5) is 11.6 Å². The molecule has 0 atom stereocenters. The number of hydrogen-bond donors (Lipinski definition) is 1. The molecule has 3 aromatic rings. The summed E-state index contributed by atoms with van der Waals surface area (Å²) in [4.78, 5) is 18.4. The molecule has 1 N–H and O–H groups in total. The Morgan fingerprint density at radius 1 is 1.14 bits per heavy atom. The molecule has 1 aliphatic rings. The van der Waals surface area contributed by atoms with Crippen LogP contribution in [-0.4, -0.2) is 58.0 Å². The Labute approximate surface area is 170 Å². The van der Waals surface area contributed by atoms with Gasteiger partial charge in [-0.05, 0) is 63.8 Å². The number of thiazole rings is 1. The van der Waals surface area contributed by atoms with E-state index in [9.17, 15) is 0 Å². The molecule has 4 rings (SSSR count). The number of anilines is 2. The van der Waals surface area contributed by atoms with E-state index in [1.165, 1.54) is 31.5 Å². The average molecular weight is 395 g/mol. The van der Waals surface area contributed by atoms with E-state index in [0.717, 1.165) is 28.9 Å². The fourth-order valence-electron chi connectivity index (χ4n) is 3.55. The minimum absolute atomic E-state index is 0.659. The van der Waals surface area contributed by atoms with E-state index in [4.69, 9.17) is 0 Å². The highest BCUT2D eigenvalue weighted by Crippen LogP contribution is 2.22. The molecule has 4 heterocycles. The van der Waals surface area contributed by atoms with Crippen LogP contribution in [0.2, 0.25) is 0 Å². The molecule has 0 spiro atoms. The molecular formula is C21H26N6S. The number of likely N-dealkylation sites (tertiary alicyclic amines) is 1. The van der Waals surface area contributed by atoms with Gasteiger partial charge in [0.05, 0.1) is 0 Å². The molecule has 0 saturated carbocycles. The van der Waals surface area contributed by atoms with Crippen LogP contribution in [0.15, 0.2) is 48.1 Å². The number of nitrogens with zero attached hydrogens (tertiary/aromatic N) is 5. The molecule has 1 aliphatic heterocycles. The topological polar surface area (TPSA) is 57.2 Å². The first-order valence-electron chi connectivity index (χ1n) is 9.65. The molecule has 0 aliphatic carbocycles. The maximum absolute atomic E-state index is 4.63. The van der Waals surface area contributed by atoms with Crippen molar-refractivity contribution < 1.29 is 0 Å². The quantitative estimate of drug-likeness (QED) is 0.685. The van der Waals surface area contributed by atoms with E-state index in [1.54, 1.807) is 17.5 Å². The van der Waals surface area contributed by atoms with Gasteiger partial charge in [0.1, 0.15) is 22.3 Å². The molecular weight excluding hydrogens is 368 g/mol. The van der Waals surface area contributed by atoms with Gasteiger partial charge in [0.2, 0.25) is 0 Å². The lowest BCUT2D eigenvalue weighted by Gasteiger charge is -2.35. The highest BCUT2D eigenvalue weighted by molar-refractivity contribution is 7.13. The zero-order valence-corrected chi connectivity index (χ0v) is 17.2. The van der Waals surface area contributed by atoms with Crippen molar-refractivity contribution in [3.8, 4) is 10.7 Å². The van der Waals surface area contributed by atoms with Gasteiger partial charge in [0.15, 0.2) is 0 Å². The van der Waals surface area contributed by atoms with E-state index in [1.807, 2.05) is 35.8 Å². The third-order valence-corrected chi connectivity index (χ3v) is 6.02. The Hall–Kier alpha value is -2.35. The predicted octanol–water partition coefficient (Wildman–Crippen LogP) is 3.87. The standard InChI is InChI=1S/C21H26N6S/c1-26-11-8-17(9-12-26)27(2)15-16-6-7-19(23-14-16)25-20-5-3-4-18(24-20)21-22-10-13-28-21/h3-7,10,13-14,17H,8-9,11-12,15H2,1-2H3,(H,23,24,25). The molecule has 28 heavy (non-hydrogen) atoms. The maximum atomic E-state index is 4.63. The van der Waals surface area contributed by atoms with E-state index in [0.29, 0.717) is 6.04 Å². The third kappa shape index (κ3) is 4.73. The summed E-state index contributed by atoms with van der Waals surface area (Å²) in [6.07, 6.45) is 6.23. The Bertz CT molecular complexity index is 872. The van der Waals surface area contributed by atoms with E-state index < -0.39 is 0 Å². The minimum atomic E-state index is 0.659. The molecule has 7 heteroatoms. The monoisotopic (exact) mass is 394 g/mol. The second-order valence-electron chi connectivity index (χ2n) is 7.37. The smallest absolute Gasteiger partial charge is 0.141 e. The molecule has 146 valence electrons. The predicted molar refractivity (Wildman–Crippen MR) is 115 cm³/mol. The summed E-state index contributed by atoms with van der Waals surface area (Å²) in [5.74, 6) is 1.57. The van der Waals surface area contributed by atoms with Gasteiger partial charge < -0.3 is 10.2 Å². The van der Waals surface area contributed by atoms with E-state index in [2.05, 4.69) is 50.2 Å². The largest absolute Gasteiger partial charge is 0.325 e. The lowest BCUT2D eigenvalue weighted by Crippen LogP contribution is -2.41. The summed E-state index contributed by atoms with van der Waals surface area (Å²) in [6, 6.07) is 10.7. The summed E-state index contributed by atoms with van der Waals surface area (Å²) in [5, 5.41) is 6.17. The van der Waals surface area contributed by atoms with Crippen molar-refractivity contribution in [1.82, 2.24) is 24.8 Å². The van der Waals surface area contributed by atoms with Gasteiger partial charge in [-0.1, -0.05) is 12.1 Å². The van der Waals surface area contributed by atoms with Crippen LogP contribution in [0.3, 0.4) is 0 Å². The van der Waals surface area contributed by atoms with Crippen molar-refractivity contribution in [1.29, 1.82) is 0 Å². The first-order chi connectivity index (χ1) is 13.7. The number of hydrogen-bond acceptors (Lipinski definition) is 7. The number of nitrogens with one attached hydrogen (secondary N) is 1. The van der Waals surface area contributed by atoms with Crippen molar-refractivity contribution in [2.45, 2.75) is 25.4 Å². The summed E-state index contributed by atoms with van der Waals surface area (Å²) < 4.78 is 0. The van der Waals surface area contributed by atoms with Crippen LogP contribution >= 0.6 is 11.3 Å². The van der Waals surface area contributed by atoms with Crippen molar-refractivity contribution in [3.63, 3.8) is 0 Å². The number of pyridine rings is 2. The van der Waals surface area contributed by atoms with Crippen molar-refractivity contribution in [2.75, 3.05) is 32.5 Å². The van der Waals surface area contributed by atoms with Crippen molar-refractivity contribution in [2.24, 2.45) is 0 Å².